The first kappa shape index (κ1) is 20.7. The van der Waals surface area contributed by atoms with Gasteiger partial charge >= 0.3 is 0 Å². The molecule has 0 aliphatic carbocycles. The molecular formula is C24H24FN3O4. The van der Waals surface area contributed by atoms with Crippen molar-refractivity contribution in [1.29, 1.82) is 0 Å². The predicted molar refractivity (Wildman–Crippen MR) is 119 cm³/mol. The van der Waals surface area contributed by atoms with Gasteiger partial charge in [0.15, 0.2) is 0 Å². The SMILES string of the molecule is O=C(NC1COC1)c1cc(F)cc(Cn2ccc3cc(N4CCOCC4)ccc3c2=O)c1. The first-order valence-electron chi connectivity index (χ1n) is 10.7. The molecule has 2 aromatic carbocycles. The van der Waals surface area contributed by atoms with Gasteiger partial charge < -0.3 is 24.3 Å². The number of fused-ring (bicyclic) bond motifs is 1. The molecule has 1 aromatic heterocycles. The number of pyridine rings is 1. The van der Waals surface area contributed by atoms with E-state index >= 15 is 0 Å². The van der Waals surface area contributed by atoms with Crippen molar-refractivity contribution in [2.75, 3.05) is 44.4 Å². The summed E-state index contributed by atoms with van der Waals surface area (Å²) in [6.07, 6.45) is 1.71. The van der Waals surface area contributed by atoms with Crippen molar-refractivity contribution in [2.45, 2.75) is 12.6 Å². The van der Waals surface area contributed by atoms with Crippen LogP contribution in [-0.4, -0.2) is 56.0 Å². The summed E-state index contributed by atoms with van der Waals surface area (Å²) in [5.41, 5.74) is 1.69. The normalized spacial score (nSPS) is 16.7. The van der Waals surface area contributed by atoms with Gasteiger partial charge in [-0.25, -0.2) is 4.39 Å². The third-order valence-corrected chi connectivity index (χ3v) is 5.88. The highest BCUT2D eigenvalue weighted by molar-refractivity contribution is 5.94. The third-order valence-electron chi connectivity index (χ3n) is 5.88. The van der Waals surface area contributed by atoms with Gasteiger partial charge in [0.05, 0.1) is 39.0 Å². The van der Waals surface area contributed by atoms with Gasteiger partial charge in [0.2, 0.25) is 0 Å². The standard InChI is InChI=1S/C24H24FN3O4/c25-19-10-16(9-18(11-19)23(29)26-20-14-32-15-20)13-28-4-3-17-12-21(1-2-22(17)24(28)30)27-5-7-31-8-6-27/h1-4,9-12,20H,5-8,13-15H2,(H,26,29). The van der Waals surface area contributed by atoms with E-state index in [2.05, 4.69) is 10.2 Å². The number of nitrogens with one attached hydrogen (secondary N) is 1. The first-order chi connectivity index (χ1) is 15.6. The van der Waals surface area contributed by atoms with Crippen molar-refractivity contribution < 1.29 is 18.7 Å². The number of nitrogens with zero attached hydrogens (tertiary/aromatic N) is 2. The van der Waals surface area contributed by atoms with E-state index in [0.717, 1.165) is 24.2 Å². The topological polar surface area (TPSA) is 72.8 Å². The quantitative estimate of drug-likeness (QED) is 0.662. The van der Waals surface area contributed by atoms with Crippen LogP contribution in [0.15, 0.2) is 53.5 Å². The Morgan fingerprint density at radius 1 is 1.06 bits per heavy atom. The minimum absolute atomic E-state index is 0.0420. The zero-order chi connectivity index (χ0) is 22.1. The zero-order valence-corrected chi connectivity index (χ0v) is 17.6. The lowest BCUT2D eigenvalue weighted by Crippen LogP contribution is -2.48. The van der Waals surface area contributed by atoms with Gasteiger partial charge in [-0.3, -0.25) is 9.59 Å². The van der Waals surface area contributed by atoms with E-state index in [4.69, 9.17) is 9.47 Å². The number of rotatable bonds is 5. The van der Waals surface area contributed by atoms with Gasteiger partial charge in [-0.1, -0.05) is 0 Å². The molecule has 1 N–H and O–H groups in total. The fourth-order valence-electron chi connectivity index (χ4n) is 4.08. The van der Waals surface area contributed by atoms with Crippen molar-refractivity contribution in [2.24, 2.45) is 0 Å². The lowest BCUT2D eigenvalue weighted by atomic mass is 10.1. The average Bonchev–Trinajstić information content (AvgIpc) is 2.78. The van der Waals surface area contributed by atoms with Crippen LogP contribution in [0.2, 0.25) is 0 Å². The number of hydrogen-bond acceptors (Lipinski definition) is 5. The number of halogens is 1. The van der Waals surface area contributed by atoms with Crippen LogP contribution >= 0.6 is 0 Å². The van der Waals surface area contributed by atoms with Crippen molar-refractivity contribution in [3.63, 3.8) is 0 Å². The number of benzene rings is 2. The van der Waals surface area contributed by atoms with E-state index in [0.29, 0.717) is 37.4 Å². The monoisotopic (exact) mass is 437 g/mol. The summed E-state index contributed by atoms with van der Waals surface area (Å²) in [6.45, 7) is 4.15. The predicted octanol–water partition coefficient (Wildman–Crippen LogP) is 2.15. The van der Waals surface area contributed by atoms with Crippen LogP contribution < -0.4 is 15.8 Å². The van der Waals surface area contributed by atoms with E-state index in [1.807, 2.05) is 24.3 Å². The number of amides is 1. The number of carbonyl (C=O) groups is 1. The molecule has 2 fully saturated rings. The third kappa shape index (κ3) is 4.24. The maximum absolute atomic E-state index is 14.2. The molecule has 1 amide bonds. The van der Waals surface area contributed by atoms with Crippen LogP contribution in [-0.2, 0) is 16.0 Å². The Morgan fingerprint density at radius 3 is 2.62 bits per heavy atom. The van der Waals surface area contributed by atoms with Crippen molar-refractivity contribution in [3.8, 4) is 0 Å². The number of morpholine rings is 1. The highest BCUT2D eigenvalue weighted by atomic mass is 19.1. The molecule has 166 valence electrons. The molecule has 0 bridgehead atoms. The maximum atomic E-state index is 14.2. The Hall–Kier alpha value is -3.23. The Labute approximate surface area is 184 Å². The molecule has 0 unspecified atom stereocenters. The molecule has 32 heavy (non-hydrogen) atoms. The Balaban J connectivity index is 1.39. The maximum Gasteiger partial charge on any atom is 0.258 e. The van der Waals surface area contributed by atoms with Crippen molar-refractivity contribution in [3.05, 3.63) is 76.0 Å². The number of hydrogen-bond donors (Lipinski definition) is 1. The highest BCUT2D eigenvalue weighted by Crippen LogP contribution is 2.21. The van der Waals surface area contributed by atoms with E-state index in [1.54, 1.807) is 12.3 Å². The molecule has 8 heteroatoms. The second kappa shape index (κ2) is 8.72. The molecule has 7 nitrogen and oxygen atoms in total. The minimum Gasteiger partial charge on any atom is -0.378 e. The van der Waals surface area contributed by atoms with Crippen LogP contribution in [0.25, 0.3) is 10.8 Å². The van der Waals surface area contributed by atoms with Gasteiger partial charge in [0.25, 0.3) is 11.5 Å². The number of ether oxygens (including phenoxy) is 2. The van der Waals surface area contributed by atoms with E-state index < -0.39 is 5.82 Å². The van der Waals surface area contributed by atoms with Crippen molar-refractivity contribution >= 4 is 22.4 Å². The summed E-state index contributed by atoms with van der Waals surface area (Å²) in [7, 11) is 0. The number of carbonyl (C=O) groups excluding carboxylic acids is 1. The molecule has 2 aliphatic heterocycles. The summed E-state index contributed by atoms with van der Waals surface area (Å²) >= 11 is 0. The molecule has 5 rings (SSSR count). The fourth-order valence-corrected chi connectivity index (χ4v) is 4.08. The Kier molecular flexibility index (Phi) is 5.63. The highest BCUT2D eigenvalue weighted by Gasteiger charge is 2.21. The molecular weight excluding hydrogens is 413 g/mol. The second-order valence-corrected chi connectivity index (χ2v) is 8.18. The van der Waals surface area contributed by atoms with Crippen LogP contribution in [0, 0.1) is 5.82 Å². The van der Waals surface area contributed by atoms with Crippen LogP contribution in [0.4, 0.5) is 10.1 Å². The largest absolute Gasteiger partial charge is 0.378 e. The summed E-state index contributed by atoms with van der Waals surface area (Å²) in [4.78, 5) is 27.7. The average molecular weight is 437 g/mol. The molecule has 2 saturated heterocycles. The second-order valence-electron chi connectivity index (χ2n) is 8.18. The summed E-state index contributed by atoms with van der Waals surface area (Å²) in [5, 5.41) is 4.27. The Morgan fingerprint density at radius 2 is 1.88 bits per heavy atom. The van der Waals surface area contributed by atoms with Crippen LogP contribution in [0.1, 0.15) is 15.9 Å². The molecule has 0 saturated carbocycles. The van der Waals surface area contributed by atoms with E-state index in [9.17, 15) is 14.0 Å². The Bertz CT molecular complexity index is 1220. The van der Waals surface area contributed by atoms with Gasteiger partial charge in [0, 0.05) is 35.9 Å². The molecule has 0 spiro atoms. The summed E-state index contributed by atoms with van der Waals surface area (Å²) in [6, 6.07) is 11.8. The first-order valence-corrected chi connectivity index (χ1v) is 10.7. The van der Waals surface area contributed by atoms with Gasteiger partial charge in [-0.15, -0.1) is 0 Å². The van der Waals surface area contributed by atoms with Gasteiger partial charge in [0.1, 0.15) is 5.82 Å². The summed E-state index contributed by atoms with van der Waals surface area (Å²) < 4.78 is 26.2. The van der Waals surface area contributed by atoms with E-state index in [-0.39, 0.29) is 29.6 Å². The minimum atomic E-state index is -0.512. The number of aromatic nitrogens is 1. The smallest absolute Gasteiger partial charge is 0.258 e. The van der Waals surface area contributed by atoms with E-state index in [1.165, 1.54) is 16.7 Å². The van der Waals surface area contributed by atoms with Gasteiger partial charge in [-0.2, -0.15) is 0 Å². The molecule has 0 radical (unpaired) electrons. The lowest BCUT2D eigenvalue weighted by Gasteiger charge is -2.29. The van der Waals surface area contributed by atoms with Crippen LogP contribution in [0.3, 0.4) is 0 Å². The van der Waals surface area contributed by atoms with Crippen molar-refractivity contribution in [1.82, 2.24) is 9.88 Å². The summed E-state index contributed by atoms with van der Waals surface area (Å²) in [5.74, 6) is -0.859. The lowest BCUT2D eigenvalue weighted by molar-refractivity contribution is -0.00347. The number of anilines is 1. The molecule has 2 aliphatic rings. The fraction of sp³-hybridized carbons (Fsp3) is 0.333. The molecule has 3 aromatic rings. The zero-order valence-electron chi connectivity index (χ0n) is 17.6. The molecule has 3 heterocycles. The molecule has 0 atom stereocenters. The van der Waals surface area contributed by atoms with Crippen LogP contribution in [0.5, 0.6) is 0 Å². The van der Waals surface area contributed by atoms with Gasteiger partial charge in [-0.05, 0) is 53.4 Å².